The fourth-order valence-electron chi connectivity index (χ4n) is 8.25. The van der Waals surface area contributed by atoms with Crippen LogP contribution in [0.15, 0.2) is 54.9 Å². The lowest BCUT2D eigenvalue weighted by atomic mass is 9.94. The molecule has 5 atom stereocenters. The van der Waals surface area contributed by atoms with Crippen LogP contribution in [0, 0.1) is 11.8 Å². The van der Waals surface area contributed by atoms with Gasteiger partial charge in [0.05, 0.1) is 62.1 Å². The highest BCUT2D eigenvalue weighted by atomic mass is 16.5. The quantitative estimate of drug-likeness (QED) is 0.134. The zero-order valence-electron chi connectivity index (χ0n) is 34.2. The van der Waals surface area contributed by atoms with Crippen molar-refractivity contribution in [1.29, 1.82) is 0 Å². The van der Waals surface area contributed by atoms with Gasteiger partial charge in [-0.15, -0.1) is 0 Å². The Labute approximate surface area is 342 Å². The first-order valence-corrected chi connectivity index (χ1v) is 20.2. The summed E-state index contributed by atoms with van der Waals surface area (Å²) in [5.74, 6) is 1.16. The number of aromatic nitrogens is 4. The molecule has 3 aliphatic heterocycles. The van der Waals surface area contributed by atoms with Crippen LogP contribution < -0.4 is 15.4 Å². The van der Waals surface area contributed by atoms with E-state index < -0.39 is 30.4 Å². The fourth-order valence-corrected chi connectivity index (χ4v) is 8.25. The number of hydrogen-bond acceptors (Lipinski definition) is 10. The number of methoxy groups -OCH3 is 2. The second-order valence-electron chi connectivity index (χ2n) is 16.0. The molecule has 312 valence electrons. The average molecular weight is 809 g/mol. The number of nitrogens with zero attached hydrogens (tertiary/aromatic N) is 4. The van der Waals surface area contributed by atoms with Gasteiger partial charge in [-0.3, -0.25) is 14.4 Å². The number of rotatable bonds is 11. The number of fused-ring (bicyclic) bond motifs is 1. The number of carbonyl (C=O) groups excluding carboxylic acids is 5. The highest BCUT2D eigenvalue weighted by Crippen LogP contribution is 2.39. The van der Waals surface area contributed by atoms with Gasteiger partial charge < -0.3 is 44.6 Å². The number of Topliss-reactive ketones (excluding diaryl/α,β-unsaturated/α-hetero) is 1. The van der Waals surface area contributed by atoms with E-state index in [0.717, 1.165) is 48.1 Å². The van der Waals surface area contributed by atoms with Crippen LogP contribution in [0.3, 0.4) is 0 Å². The molecule has 0 saturated carbocycles. The van der Waals surface area contributed by atoms with Crippen molar-refractivity contribution in [3.8, 4) is 28.3 Å². The standard InChI is InChI=1S/C43H52N8O8/c1-23(2)36(48-42(55)57-5)40(53)50-17-7-9-31(50)38-44-21-29(46-38)25-11-13-26(14-12-25)35-20-33(52)28-19-27(15-16-34(28)59-35)30-22-45-39(47-30)32-10-8-18-51(32)41(54)37(24(3)4)49-43(56)58-6/h11-16,19,21-24,31-32,35-37H,7-10,17-18,20H2,1-6H3,(H,44,46)(H,45,47)(H,48,55)(H,49,56)/t31-,32-,35?,36-,37-/m0/s1. The average Bonchev–Trinajstić information content (AvgIpc) is 4.08. The van der Waals surface area contributed by atoms with Gasteiger partial charge >= 0.3 is 12.2 Å². The lowest BCUT2D eigenvalue weighted by molar-refractivity contribution is -0.136. The third-order valence-corrected chi connectivity index (χ3v) is 11.5. The highest BCUT2D eigenvalue weighted by Gasteiger charge is 2.39. The minimum atomic E-state index is -0.730. The number of alkyl carbamates (subject to hydrolysis) is 2. The molecule has 2 fully saturated rings. The molecule has 3 aliphatic rings. The van der Waals surface area contributed by atoms with Crippen LogP contribution in [0.2, 0.25) is 0 Å². The number of imidazole rings is 2. The largest absolute Gasteiger partial charge is 0.484 e. The Hall–Kier alpha value is -6.19. The van der Waals surface area contributed by atoms with Gasteiger partial charge in [0.25, 0.3) is 0 Å². The summed E-state index contributed by atoms with van der Waals surface area (Å²) in [6.45, 7) is 8.64. The molecule has 5 heterocycles. The lowest BCUT2D eigenvalue weighted by Crippen LogP contribution is -2.51. The molecular weight excluding hydrogens is 757 g/mol. The molecular formula is C43H52N8O8. The van der Waals surface area contributed by atoms with Crippen LogP contribution in [0.4, 0.5) is 9.59 Å². The van der Waals surface area contributed by atoms with Crippen molar-refractivity contribution in [2.24, 2.45) is 11.8 Å². The van der Waals surface area contributed by atoms with Crippen molar-refractivity contribution in [2.75, 3.05) is 27.3 Å². The Morgan fingerprint density at radius 2 is 1.24 bits per heavy atom. The van der Waals surface area contributed by atoms with Crippen LogP contribution in [-0.2, 0) is 19.1 Å². The van der Waals surface area contributed by atoms with E-state index >= 15 is 0 Å². The predicted octanol–water partition coefficient (Wildman–Crippen LogP) is 6.26. The normalized spacial score (nSPS) is 19.9. The first kappa shape index (κ1) is 41.0. The van der Waals surface area contributed by atoms with Gasteiger partial charge in [0, 0.05) is 18.7 Å². The van der Waals surface area contributed by atoms with Crippen LogP contribution in [-0.4, -0.2) is 98.9 Å². The van der Waals surface area contributed by atoms with Gasteiger partial charge in [-0.25, -0.2) is 19.6 Å². The topological polar surface area (TPSA) is 201 Å². The number of ketones is 1. The Balaban J connectivity index is 1.01. The first-order chi connectivity index (χ1) is 28.4. The van der Waals surface area contributed by atoms with Gasteiger partial charge in [0.1, 0.15) is 35.6 Å². The number of benzene rings is 2. The fraction of sp³-hybridized carbons (Fsp3) is 0.465. The maximum absolute atomic E-state index is 13.6. The molecule has 0 spiro atoms. The number of amides is 4. The summed E-state index contributed by atoms with van der Waals surface area (Å²) in [6, 6.07) is 11.3. The van der Waals surface area contributed by atoms with Crippen molar-refractivity contribution in [2.45, 2.75) is 90.1 Å². The van der Waals surface area contributed by atoms with Crippen molar-refractivity contribution in [3.05, 3.63) is 77.6 Å². The Morgan fingerprint density at radius 1 is 0.746 bits per heavy atom. The number of likely N-dealkylation sites (tertiary alicyclic amines) is 2. The Morgan fingerprint density at radius 3 is 1.73 bits per heavy atom. The van der Waals surface area contributed by atoms with Crippen molar-refractivity contribution in [1.82, 2.24) is 40.4 Å². The van der Waals surface area contributed by atoms with Crippen molar-refractivity contribution in [3.63, 3.8) is 0 Å². The van der Waals surface area contributed by atoms with Crippen LogP contribution in [0.1, 0.15) is 106 Å². The molecule has 7 rings (SSSR count). The SMILES string of the molecule is COC(=O)N[C@H](C(=O)N1CCC[C@H]1c1ncc(-c2ccc(C3CC(=O)c4cc(-c5cnc([C@@H]6CCCN6C(=O)[C@@H](NC(=O)OC)C(C)C)[nH]5)ccc4O3)cc2)[nH]1)C(C)C. The van der Waals surface area contributed by atoms with E-state index in [-0.39, 0.29) is 47.9 Å². The smallest absolute Gasteiger partial charge is 0.407 e. The van der Waals surface area contributed by atoms with Crippen molar-refractivity contribution >= 4 is 29.8 Å². The summed E-state index contributed by atoms with van der Waals surface area (Å²) in [6.07, 6.45) is 4.97. The molecule has 59 heavy (non-hydrogen) atoms. The second kappa shape index (κ2) is 17.3. The zero-order valence-corrected chi connectivity index (χ0v) is 34.2. The highest BCUT2D eigenvalue weighted by molar-refractivity contribution is 6.01. The van der Waals surface area contributed by atoms with Crippen LogP contribution in [0.5, 0.6) is 5.75 Å². The minimum absolute atomic E-state index is 0.0392. The maximum Gasteiger partial charge on any atom is 0.407 e. The molecule has 2 aromatic carbocycles. The number of aromatic amines is 2. The molecule has 4 aromatic rings. The molecule has 1 unspecified atom stereocenters. The van der Waals surface area contributed by atoms with Gasteiger partial charge in [-0.1, -0.05) is 52.0 Å². The third-order valence-electron chi connectivity index (χ3n) is 11.5. The number of ether oxygens (including phenoxy) is 3. The lowest BCUT2D eigenvalue weighted by Gasteiger charge is -2.30. The molecule has 16 heteroatoms. The summed E-state index contributed by atoms with van der Waals surface area (Å²) in [5.41, 5.74) is 4.52. The van der Waals surface area contributed by atoms with Gasteiger partial charge in [-0.05, 0) is 66.8 Å². The number of nitrogens with one attached hydrogen (secondary N) is 4. The van der Waals surface area contributed by atoms with E-state index in [1.165, 1.54) is 14.2 Å². The second-order valence-corrected chi connectivity index (χ2v) is 16.0. The van der Waals surface area contributed by atoms with Crippen LogP contribution in [0.25, 0.3) is 22.5 Å². The first-order valence-electron chi connectivity index (χ1n) is 20.2. The van der Waals surface area contributed by atoms with E-state index in [1.54, 1.807) is 28.3 Å². The predicted molar refractivity (Wildman–Crippen MR) is 216 cm³/mol. The molecule has 2 aromatic heterocycles. The number of hydrogen-bond donors (Lipinski definition) is 4. The monoisotopic (exact) mass is 808 g/mol. The summed E-state index contributed by atoms with van der Waals surface area (Å²) in [7, 11) is 2.55. The summed E-state index contributed by atoms with van der Waals surface area (Å²) in [4.78, 5) is 84.3. The Bertz CT molecular complexity index is 2200. The van der Waals surface area contributed by atoms with Crippen LogP contribution >= 0.6 is 0 Å². The molecule has 16 nitrogen and oxygen atoms in total. The van der Waals surface area contributed by atoms with E-state index in [4.69, 9.17) is 14.2 Å². The summed E-state index contributed by atoms with van der Waals surface area (Å²) >= 11 is 0. The van der Waals surface area contributed by atoms with E-state index in [2.05, 4.69) is 30.6 Å². The number of H-pyrrole nitrogens is 2. The van der Waals surface area contributed by atoms with Gasteiger partial charge in [0.2, 0.25) is 11.8 Å². The molecule has 2 saturated heterocycles. The van der Waals surface area contributed by atoms with Gasteiger partial charge in [-0.2, -0.15) is 0 Å². The molecule has 0 bridgehead atoms. The maximum atomic E-state index is 13.6. The van der Waals surface area contributed by atoms with Gasteiger partial charge in [0.15, 0.2) is 5.78 Å². The minimum Gasteiger partial charge on any atom is -0.484 e. The zero-order chi connectivity index (χ0) is 42.0. The summed E-state index contributed by atoms with van der Waals surface area (Å²) < 4.78 is 15.9. The summed E-state index contributed by atoms with van der Waals surface area (Å²) in [5, 5.41) is 5.35. The molecule has 4 amide bonds. The van der Waals surface area contributed by atoms with E-state index in [9.17, 15) is 24.0 Å². The molecule has 4 N–H and O–H groups in total. The Kier molecular flexibility index (Phi) is 12.1. The molecule has 0 aliphatic carbocycles. The number of carbonyl (C=O) groups is 5. The third kappa shape index (κ3) is 8.52. The van der Waals surface area contributed by atoms with E-state index in [1.807, 2.05) is 64.1 Å². The van der Waals surface area contributed by atoms with E-state index in [0.29, 0.717) is 41.7 Å². The van der Waals surface area contributed by atoms with Crippen molar-refractivity contribution < 1.29 is 38.2 Å². The molecule has 0 radical (unpaired) electrons.